The van der Waals surface area contributed by atoms with E-state index < -0.39 is 0 Å². The number of fused-ring (bicyclic) bond motifs is 1. The zero-order valence-corrected chi connectivity index (χ0v) is 21.1. The molecule has 0 radical (unpaired) electrons. The zero-order chi connectivity index (χ0) is 24.5. The number of carbonyl (C=O) groups excluding carboxylic acids is 1. The smallest absolute Gasteiger partial charge is 0.244 e. The van der Waals surface area contributed by atoms with Gasteiger partial charge < -0.3 is 20.1 Å². The van der Waals surface area contributed by atoms with Gasteiger partial charge in [-0.15, -0.1) is 0 Å². The van der Waals surface area contributed by atoms with Gasteiger partial charge in [0.15, 0.2) is 22.3 Å². The van der Waals surface area contributed by atoms with Gasteiger partial charge in [-0.05, 0) is 44.0 Å². The lowest BCUT2D eigenvalue weighted by Gasteiger charge is -2.12. The molecule has 0 bridgehead atoms. The van der Waals surface area contributed by atoms with Crippen molar-refractivity contribution in [2.75, 3.05) is 31.8 Å². The summed E-state index contributed by atoms with van der Waals surface area (Å²) in [5.41, 5.74) is 1.59. The van der Waals surface area contributed by atoms with E-state index in [0.29, 0.717) is 24.6 Å². The van der Waals surface area contributed by atoms with Crippen LogP contribution in [0.2, 0.25) is 0 Å². The Balaban J connectivity index is 1.65. The Morgan fingerprint density at radius 1 is 1.21 bits per heavy atom. The predicted octanol–water partition coefficient (Wildman–Crippen LogP) is 4.00. The monoisotopic (exact) mass is 484 g/mol. The molecule has 0 saturated carbocycles. The quantitative estimate of drug-likeness (QED) is 0.226. The standard InChI is InChI=1S/C24H32N6O3S/c1-6-13-34-24-28-22(27-16(2)3)18-15-26-30(23(18)29-24)12-11-25-21(31)10-8-17-7-9-19(32-4)20(14-17)33-5/h7-10,14-16H,6,11-13H2,1-5H3,(H,25,31)(H,27,28,29)/b10-8-. The van der Waals surface area contributed by atoms with Crippen LogP contribution in [0.25, 0.3) is 17.1 Å². The first-order chi connectivity index (χ1) is 16.4. The molecule has 0 fully saturated rings. The maximum atomic E-state index is 12.3. The second-order valence-electron chi connectivity index (χ2n) is 7.85. The summed E-state index contributed by atoms with van der Waals surface area (Å²) in [7, 11) is 3.16. The van der Waals surface area contributed by atoms with Gasteiger partial charge in [-0.1, -0.05) is 24.8 Å². The Bertz CT molecular complexity index is 1150. The van der Waals surface area contributed by atoms with Gasteiger partial charge in [0.1, 0.15) is 5.82 Å². The number of aromatic nitrogens is 4. The van der Waals surface area contributed by atoms with E-state index in [1.165, 1.54) is 6.08 Å². The minimum atomic E-state index is -0.192. The largest absolute Gasteiger partial charge is 0.493 e. The van der Waals surface area contributed by atoms with Crippen LogP contribution >= 0.6 is 11.8 Å². The highest BCUT2D eigenvalue weighted by Crippen LogP contribution is 2.28. The Kier molecular flexibility index (Phi) is 9.15. The van der Waals surface area contributed by atoms with Crippen LogP contribution in [0.3, 0.4) is 0 Å². The number of methoxy groups -OCH3 is 2. The minimum absolute atomic E-state index is 0.192. The van der Waals surface area contributed by atoms with Crippen molar-refractivity contribution in [3.63, 3.8) is 0 Å². The molecule has 34 heavy (non-hydrogen) atoms. The fraction of sp³-hybridized carbons (Fsp3) is 0.417. The van der Waals surface area contributed by atoms with Gasteiger partial charge in [-0.25, -0.2) is 14.6 Å². The Hall–Kier alpha value is -3.27. The van der Waals surface area contributed by atoms with Gasteiger partial charge in [0.25, 0.3) is 0 Å². The minimum Gasteiger partial charge on any atom is -0.493 e. The van der Waals surface area contributed by atoms with Crippen LogP contribution < -0.4 is 20.1 Å². The second-order valence-corrected chi connectivity index (χ2v) is 8.91. The average Bonchev–Trinajstić information content (AvgIpc) is 3.24. The SMILES string of the molecule is CCCSc1nc(NC(C)C)c2cnn(CCNC(=O)/C=C\c3ccc(OC)c(OC)c3)c2n1. The number of amides is 1. The van der Waals surface area contributed by atoms with Crippen LogP contribution in [0.15, 0.2) is 35.6 Å². The zero-order valence-electron chi connectivity index (χ0n) is 20.3. The number of thioether (sulfide) groups is 1. The lowest BCUT2D eigenvalue weighted by molar-refractivity contribution is -0.116. The lowest BCUT2D eigenvalue weighted by Crippen LogP contribution is -2.25. The molecule has 0 unspecified atom stereocenters. The van der Waals surface area contributed by atoms with Crippen LogP contribution in [0.5, 0.6) is 11.5 Å². The van der Waals surface area contributed by atoms with Gasteiger partial charge in [0.2, 0.25) is 5.91 Å². The number of benzene rings is 1. The highest BCUT2D eigenvalue weighted by Gasteiger charge is 2.14. The van der Waals surface area contributed by atoms with Crippen molar-refractivity contribution in [3.05, 3.63) is 36.0 Å². The number of hydrogen-bond donors (Lipinski definition) is 2. The molecule has 9 nitrogen and oxygen atoms in total. The average molecular weight is 485 g/mol. The summed E-state index contributed by atoms with van der Waals surface area (Å²) in [6.45, 7) is 7.19. The third kappa shape index (κ3) is 6.63. The summed E-state index contributed by atoms with van der Waals surface area (Å²) in [5, 5.41) is 12.4. The molecule has 2 heterocycles. The topological polar surface area (TPSA) is 103 Å². The highest BCUT2D eigenvalue weighted by molar-refractivity contribution is 7.99. The number of carbonyl (C=O) groups is 1. The molecule has 1 amide bonds. The first-order valence-corrected chi connectivity index (χ1v) is 12.2. The summed E-state index contributed by atoms with van der Waals surface area (Å²) >= 11 is 1.63. The van der Waals surface area contributed by atoms with Crippen molar-refractivity contribution in [2.24, 2.45) is 0 Å². The number of nitrogens with one attached hydrogen (secondary N) is 2. The van der Waals surface area contributed by atoms with E-state index in [-0.39, 0.29) is 11.9 Å². The van der Waals surface area contributed by atoms with Crippen molar-refractivity contribution < 1.29 is 14.3 Å². The summed E-state index contributed by atoms with van der Waals surface area (Å²) in [6, 6.07) is 5.71. The Labute approximate surface area is 204 Å². The van der Waals surface area contributed by atoms with Crippen LogP contribution in [-0.2, 0) is 11.3 Å². The number of rotatable bonds is 12. The van der Waals surface area contributed by atoms with E-state index in [9.17, 15) is 4.79 Å². The molecule has 10 heteroatoms. The first-order valence-electron chi connectivity index (χ1n) is 11.3. The van der Waals surface area contributed by atoms with Gasteiger partial charge in [-0.3, -0.25) is 4.79 Å². The van der Waals surface area contributed by atoms with Crippen LogP contribution in [0.1, 0.15) is 32.8 Å². The van der Waals surface area contributed by atoms with Gasteiger partial charge >= 0.3 is 0 Å². The molecule has 3 aromatic rings. The molecule has 1 aromatic carbocycles. The summed E-state index contributed by atoms with van der Waals surface area (Å²) < 4.78 is 12.3. The van der Waals surface area contributed by atoms with E-state index >= 15 is 0 Å². The van der Waals surface area contributed by atoms with Gasteiger partial charge in [0, 0.05) is 24.4 Å². The number of nitrogens with zero attached hydrogens (tertiary/aromatic N) is 4. The number of hydrogen-bond acceptors (Lipinski definition) is 8. The Morgan fingerprint density at radius 2 is 2.00 bits per heavy atom. The van der Waals surface area contributed by atoms with Gasteiger partial charge in [0.05, 0.1) is 32.3 Å². The first kappa shape index (κ1) is 25.4. The molecule has 2 N–H and O–H groups in total. The molecular weight excluding hydrogens is 452 g/mol. The van der Waals surface area contributed by atoms with E-state index in [2.05, 4.69) is 41.5 Å². The van der Waals surface area contributed by atoms with Crippen LogP contribution in [0, 0.1) is 0 Å². The van der Waals surface area contributed by atoms with E-state index in [4.69, 9.17) is 14.5 Å². The molecular formula is C24H32N6O3S. The van der Waals surface area contributed by atoms with E-state index in [0.717, 1.165) is 39.7 Å². The van der Waals surface area contributed by atoms with Crippen LogP contribution in [-0.4, -0.2) is 58.2 Å². The molecule has 3 rings (SSSR count). The maximum Gasteiger partial charge on any atom is 0.244 e. The molecule has 182 valence electrons. The summed E-state index contributed by atoms with van der Waals surface area (Å²) in [6.07, 6.45) is 6.04. The second kappa shape index (κ2) is 12.3. The highest BCUT2D eigenvalue weighted by atomic mass is 32.2. The fourth-order valence-corrected chi connectivity index (χ4v) is 3.91. The molecule has 0 atom stereocenters. The molecule has 0 saturated heterocycles. The molecule has 2 aromatic heterocycles. The number of anilines is 1. The summed E-state index contributed by atoms with van der Waals surface area (Å²) in [4.78, 5) is 21.7. The van der Waals surface area contributed by atoms with Crippen molar-refractivity contribution in [1.82, 2.24) is 25.1 Å². The van der Waals surface area contributed by atoms with Crippen molar-refractivity contribution in [2.45, 2.75) is 44.9 Å². The number of ether oxygens (including phenoxy) is 2. The van der Waals surface area contributed by atoms with Crippen molar-refractivity contribution >= 4 is 40.6 Å². The van der Waals surface area contributed by atoms with Crippen LogP contribution in [0.4, 0.5) is 5.82 Å². The van der Waals surface area contributed by atoms with Gasteiger partial charge in [-0.2, -0.15) is 5.10 Å². The molecule has 0 aliphatic carbocycles. The third-order valence-electron chi connectivity index (χ3n) is 4.79. The molecule has 0 aliphatic rings. The predicted molar refractivity (Wildman–Crippen MR) is 137 cm³/mol. The van der Waals surface area contributed by atoms with Crippen molar-refractivity contribution in [3.8, 4) is 11.5 Å². The normalized spacial score (nSPS) is 11.4. The van der Waals surface area contributed by atoms with Crippen molar-refractivity contribution in [1.29, 1.82) is 0 Å². The Morgan fingerprint density at radius 3 is 2.71 bits per heavy atom. The van der Waals surface area contributed by atoms with E-state index in [1.54, 1.807) is 49.0 Å². The summed E-state index contributed by atoms with van der Waals surface area (Å²) in [5.74, 6) is 2.79. The fourth-order valence-electron chi connectivity index (χ4n) is 3.21. The molecule has 0 spiro atoms. The maximum absolute atomic E-state index is 12.3. The molecule has 0 aliphatic heterocycles. The lowest BCUT2D eigenvalue weighted by atomic mass is 10.2. The van der Waals surface area contributed by atoms with E-state index in [1.807, 2.05) is 12.1 Å². The third-order valence-corrected chi connectivity index (χ3v) is 5.85.